The second-order valence-corrected chi connectivity index (χ2v) is 6.18. The Hall–Kier alpha value is -2.44. The Kier molecular flexibility index (Phi) is 4.74. The van der Waals surface area contributed by atoms with Crippen LogP contribution < -0.4 is 0 Å². The molecule has 0 saturated heterocycles. The van der Waals surface area contributed by atoms with Crippen molar-refractivity contribution < 1.29 is 14.3 Å². The van der Waals surface area contributed by atoms with E-state index in [4.69, 9.17) is 23.2 Å². The molecule has 2 heterocycles. The normalized spacial score (nSPS) is 10.9. The lowest BCUT2D eigenvalue weighted by molar-refractivity contribution is 0.0685. The van der Waals surface area contributed by atoms with Gasteiger partial charge in [0.1, 0.15) is 5.82 Å². The summed E-state index contributed by atoms with van der Waals surface area (Å²) in [5.74, 6) is -1.74. The second kappa shape index (κ2) is 6.82. The topological polar surface area (TPSA) is 68.0 Å². The van der Waals surface area contributed by atoms with E-state index in [-0.39, 0.29) is 29.3 Å². The van der Waals surface area contributed by atoms with Gasteiger partial charge in [-0.2, -0.15) is 4.39 Å². The molecule has 0 radical (unpaired) electrons. The lowest BCUT2D eigenvalue weighted by atomic mass is 10.2. The molecule has 8 heteroatoms. The van der Waals surface area contributed by atoms with Gasteiger partial charge in [-0.25, -0.2) is 14.8 Å². The molecule has 3 rings (SSSR count). The predicted octanol–water partition coefficient (Wildman–Crippen LogP) is 4.45. The van der Waals surface area contributed by atoms with Crippen molar-refractivity contribution in [1.82, 2.24) is 14.5 Å². The van der Waals surface area contributed by atoms with E-state index in [0.29, 0.717) is 15.6 Å². The third kappa shape index (κ3) is 3.36. The van der Waals surface area contributed by atoms with Crippen LogP contribution >= 0.6 is 23.2 Å². The molecule has 2 aromatic heterocycles. The summed E-state index contributed by atoms with van der Waals surface area (Å²) in [5, 5.41) is 10.4. The average Bonchev–Trinajstić information content (AvgIpc) is 2.87. The number of hydrogen-bond acceptors (Lipinski definition) is 3. The molecule has 0 bridgehead atoms. The number of aromatic carboxylic acids is 1. The van der Waals surface area contributed by atoms with Crippen molar-refractivity contribution in [2.24, 2.45) is 0 Å². The molecular weight excluding hydrogens is 368 g/mol. The van der Waals surface area contributed by atoms with E-state index in [1.807, 2.05) is 0 Å². The number of aryl methyl sites for hydroxylation is 1. The third-order valence-electron chi connectivity index (χ3n) is 3.68. The van der Waals surface area contributed by atoms with Crippen LogP contribution in [0.1, 0.15) is 21.7 Å². The molecular formula is C17H12Cl2FN3O2. The summed E-state index contributed by atoms with van der Waals surface area (Å²) < 4.78 is 15.5. The second-order valence-electron chi connectivity index (χ2n) is 5.34. The molecule has 0 amide bonds. The molecule has 0 atom stereocenters. The first kappa shape index (κ1) is 17.4. The zero-order valence-electron chi connectivity index (χ0n) is 13.0. The first-order valence-electron chi connectivity index (χ1n) is 7.23. The van der Waals surface area contributed by atoms with Crippen molar-refractivity contribution in [2.75, 3.05) is 0 Å². The van der Waals surface area contributed by atoms with Crippen molar-refractivity contribution in [1.29, 1.82) is 0 Å². The molecule has 3 aromatic rings. The Bertz CT molecular complexity index is 973. The van der Waals surface area contributed by atoms with E-state index < -0.39 is 11.9 Å². The van der Waals surface area contributed by atoms with Gasteiger partial charge < -0.3 is 9.67 Å². The first-order chi connectivity index (χ1) is 11.9. The van der Waals surface area contributed by atoms with Crippen LogP contribution in [0.3, 0.4) is 0 Å². The minimum Gasteiger partial charge on any atom is -0.477 e. The Balaban J connectivity index is 2.21. The first-order valence-corrected chi connectivity index (χ1v) is 7.99. The minimum absolute atomic E-state index is 0.0469. The zero-order chi connectivity index (χ0) is 18.1. The van der Waals surface area contributed by atoms with Crippen molar-refractivity contribution in [3.63, 3.8) is 0 Å². The van der Waals surface area contributed by atoms with Crippen LogP contribution in [0.2, 0.25) is 10.0 Å². The van der Waals surface area contributed by atoms with Gasteiger partial charge in [-0.3, -0.25) is 0 Å². The van der Waals surface area contributed by atoms with E-state index in [0.717, 1.165) is 0 Å². The molecule has 0 fully saturated rings. The highest BCUT2D eigenvalue weighted by Gasteiger charge is 2.23. The molecule has 1 N–H and O–H groups in total. The third-order valence-corrected chi connectivity index (χ3v) is 4.28. The molecule has 0 aliphatic heterocycles. The lowest BCUT2D eigenvalue weighted by Crippen LogP contribution is -2.12. The Morgan fingerprint density at radius 1 is 1.32 bits per heavy atom. The number of carbonyl (C=O) groups is 1. The van der Waals surface area contributed by atoms with Crippen LogP contribution in [0, 0.1) is 12.9 Å². The van der Waals surface area contributed by atoms with Crippen LogP contribution in [0.25, 0.3) is 11.4 Å². The molecule has 0 spiro atoms. The van der Waals surface area contributed by atoms with Gasteiger partial charge in [0.25, 0.3) is 0 Å². The number of halogens is 3. The highest BCUT2D eigenvalue weighted by atomic mass is 35.5. The minimum atomic E-state index is -1.17. The summed E-state index contributed by atoms with van der Waals surface area (Å²) in [7, 11) is 0. The van der Waals surface area contributed by atoms with E-state index in [9.17, 15) is 14.3 Å². The highest BCUT2D eigenvalue weighted by Crippen LogP contribution is 2.28. The molecule has 5 nitrogen and oxygen atoms in total. The predicted molar refractivity (Wildman–Crippen MR) is 92.7 cm³/mol. The summed E-state index contributed by atoms with van der Waals surface area (Å²) in [4.78, 5) is 19.5. The number of nitrogens with zero attached hydrogens (tertiary/aromatic N) is 3. The molecule has 0 aliphatic carbocycles. The van der Waals surface area contributed by atoms with Gasteiger partial charge in [0.05, 0.1) is 17.8 Å². The van der Waals surface area contributed by atoms with E-state index in [1.54, 1.807) is 31.2 Å². The molecule has 0 aliphatic rings. The quantitative estimate of drug-likeness (QED) is 0.680. The van der Waals surface area contributed by atoms with Crippen molar-refractivity contribution in [2.45, 2.75) is 13.5 Å². The van der Waals surface area contributed by atoms with Crippen molar-refractivity contribution >= 4 is 29.2 Å². The van der Waals surface area contributed by atoms with Crippen molar-refractivity contribution in [3.8, 4) is 11.4 Å². The van der Waals surface area contributed by atoms with Crippen LogP contribution in [-0.4, -0.2) is 25.6 Å². The van der Waals surface area contributed by atoms with Crippen LogP contribution in [0.5, 0.6) is 0 Å². The Morgan fingerprint density at radius 2 is 2.08 bits per heavy atom. The number of pyridine rings is 1. The van der Waals surface area contributed by atoms with Crippen LogP contribution in [-0.2, 0) is 6.54 Å². The average molecular weight is 380 g/mol. The Morgan fingerprint density at radius 3 is 2.76 bits per heavy atom. The maximum absolute atomic E-state index is 14.1. The molecule has 0 saturated carbocycles. The van der Waals surface area contributed by atoms with Gasteiger partial charge in [-0.15, -0.1) is 0 Å². The number of rotatable bonds is 4. The van der Waals surface area contributed by atoms with Gasteiger partial charge in [0, 0.05) is 16.2 Å². The Labute approximate surface area is 152 Å². The number of carboxylic acid groups (broad SMARTS) is 1. The summed E-state index contributed by atoms with van der Waals surface area (Å²) in [6, 6.07) is 7.93. The van der Waals surface area contributed by atoms with Crippen LogP contribution in [0.15, 0.2) is 36.5 Å². The maximum atomic E-state index is 14.1. The van der Waals surface area contributed by atoms with Gasteiger partial charge in [0.15, 0.2) is 5.69 Å². The fourth-order valence-electron chi connectivity index (χ4n) is 2.59. The number of hydrogen-bond donors (Lipinski definition) is 1. The summed E-state index contributed by atoms with van der Waals surface area (Å²) in [6.07, 6.45) is 1.31. The van der Waals surface area contributed by atoms with Gasteiger partial charge in [-0.05, 0) is 42.8 Å². The largest absolute Gasteiger partial charge is 0.477 e. The highest BCUT2D eigenvalue weighted by molar-refractivity contribution is 6.33. The summed E-state index contributed by atoms with van der Waals surface area (Å²) >= 11 is 12.2. The van der Waals surface area contributed by atoms with Crippen molar-refractivity contribution in [3.05, 3.63) is 69.5 Å². The van der Waals surface area contributed by atoms with Crippen LogP contribution in [0.4, 0.5) is 4.39 Å². The number of aromatic nitrogens is 3. The molecule has 0 unspecified atom stereocenters. The van der Waals surface area contributed by atoms with Gasteiger partial charge in [-0.1, -0.05) is 23.2 Å². The van der Waals surface area contributed by atoms with E-state index in [1.165, 1.54) is 16.8 Å². The van der Waals surface area contributed by atoms with E-state index in [2.05, 4.69) is 9.97 Å². The SMILES string of the molecule is Cc1nc(-c2cccnc2F)n(Cc2cc(Cl)ccc2Cl)c1C(=O)O. The lowest BCUT2D eigenvalue weighted by Gasteiger charge is -2.12. The fourth-order valence-corrected chi connectivity index (χ4v) is 2.96. The fraction of sp³-hybridized carbons (Fsp3) is 0.118. The van der Waals surface area contributed by atoms with E-state index >= 15 is 0 Å². The monoisotopic (exact) mass is 379 g/mol. The van der Waals surface area contributed by atoms with Gasteiger partial charge >= 0.3 is 5.97 Å². The van der Waals surface area contributed by atoms with Gasteiger partial charge in [0.2, 0.25) is 5.95 Å². The number of benzene rings is 1. The maximum Gasteiger partial charge on any atom is 0.354 e. The molecule has 25 heavy (non-hydrogen) atoms. The summed E-state index contributed by atoms with van der Waals surface area (Å²) in [6.45, 7) is 1.63. The smallest absolute Gasteiger partial charge is 0.354 e. The summed E-state index contributed by atoms with van der Waals surface area (Å²) in [5.41, 5.74) is 0.925. The molecule has 128 valence electrons. The number of carboxylic acids is 1. The standard InChI is InChI=1S/C17H12Cl2FN3O2/c1-9-14(17(24)25)23(8-10-7-11(18)4-5-13(10)19)16(22-9)12-3-2-6-21-15(12)20/h2-7H,8H2,1H3,(H,24,25). The molecule has 1 aromatic carbocycles. The number of imidazole rings is 1. The zero-order valence-corrected chi connectivity index (χ0v) is 14.5.